The maximum Gasteiger partial charge on any atom is 0.410 e. The van der Waals surface area contributed by atoms with Crippen LogP contribution in [-0.2, 0) is 4.74 Å². The highest BCUT2D eigenvalue weighted by atomic mass is 127. The highest BCUT2D eigenvalue weighted by Crippen LogP contribution is 2.38. The molecule has 1 amide bonds. The van der Waals surface area contributed by atoms with Crippen molar-refractivity contribution in [3.05, 3.63) is 152 Å². The summed E-state index contributed by atoms with van der Waals surface area (Å²) in [7, 11) is 0. The number of piperidine rings is 2. The van der Waals surface area contributed by atoms with Gasteiger partial charge in [0.2, 0.25) is 0 Å². The predicted octanol–water partition coefficient (Wildman–Crippen LogP) is 13.5. The minimum Gasteiger partial charge on any atom is -0.444 e. The number of nitrogens with one attached hydrogen (secondary N) is 1. The molecule has 376 valence electrons. The summed E-state index contributed by atoms with van der Waals surface area (Å²) in [5.74, 6) is 1.45. The maximum absolute atomic E-state index is 12.6. The second kappa shape index (κ2) is 22.9. The highest BCUT2D eigenvalue weighted by Gasteiger charge is 2.30. The normalized spacial score (nSPS) is 14.3. The van der Waals surface area contributed by atoms with Crippen molar-refractivity contribution in [2.45, 2.75) is 91.8 Å². The van der Waals surface area contributed by atoms with Crippen LogP contribution in [0, 0.1) is 34.8 Å². The number of ether oxygens (including phenoxy) is 3. The summed E-state index contributed by atoms with van der Waals surface area (Å²) in [6.45, 7) is 17.1. The Kier molecular flexibility index (Phi) is 16.2. The van der Waals surface area contributed by atoms with Crippen LogP contribution in [-0.4, -0.2) is 81.8 Å². The van der Waals surface area contributed by atoms with Gasteiger partial charge < -0.3 is 33.6 Å². The number of hydrogen-bond donors (Lipinski definition) is 1. The number of carbonyl (C=O) groups is 1. The third-order valence-electron chi connectivity index (χ3n) is 12.6. The van der Waals surface area contributed by atoms with Crippen molar-refractivity contribution in [1.82, 2.24) is 49.3 Å². The van der Waals surface area contributed by atoms with Crippen LogP contribution in [0.5, 0.6) is 23.5 Å². The van der Waals surface area contributed by atoms with Gasteiger partial charge in [-0.05, 0) is 215 Å². The van der Waals surface area contributed by atoms with E-state index in [1.54, 1.807) is 17.3 Å². The average Bonchev–Trinajstić information content (AvgIpc) is 4.01. The summed E-state index contributed by atoms with van der Waals surface area (Å²) in [6.07, 6.45) is 10.8. The number of nitrogens with zero attached hydrogens (tertiary/aromatic N) is 9. The second-order valence-corrected chi connectivity index (χ2v) is 22.2. The van der Waals surface area contributed by atoms with E-state index in [1.165, 1.54) is 3.57 Å². The molecule has 0 radical (unpaired) electrons. The van der Waals surface area contributed by atoms with E-state index in [9.17, 15) is 4.79 Å². The molecule has 2 aliphatic heterocycles. The summed E-state index contributed by atoms with van der Waals surface area (Å²) in [5, 5.41) is 3.45. The van der Waals surface area contributed by atoms with Crippen LogP contribution < -0.4 is 14.8 Å². The molecule has 16 heteroatoms. The lowest BCUT2D eigenvalue weighted by molar-refractivity contribution is 0.0189. The van der Waals surface area contributed by atoms with Crippen LogP contribution in [0.3, 0.4) is 0 Å². The van der Waals surface area contributed by atoms with Gasteiger partial charge in [0, 0.05) is 55.8 Å². The number of benzene rings is 4. The molecular weight excluding hydrogens is 1140 g/mol. The lowest BCUT2D eigenvalue weighted by Gasteiger charge is -2.34. The van der Waals surface area contributed by atoms with Gasteiger partial charge in [0.15, 0.2) is 0 Å². The Balaban J connectivity index is 0.000000183. The van der Waals surface area contributed by atoms with Gasteiger partial charge in [-0.25, -0.2) is 24.7 Å². The fraction of sp³-hybridized carbons (Fsp3) is 0.316. The summed E-state index contributed by atoms with van der Waals surface area (Å²) in [6, 6.07) is 33.9. The molecule has 0 atom stereocenters. The van der Waals surface area contributed by atoms with E-state index in [2.05, 4.69) is 144 Å². The molecule has 2 fully saturated rings. The van der Waals surface area contributed by atoms with E-state index >= 15 is 0 Å². The summed E-state index contributed by atoms with van der Waals surface area (Å²) in [4.78, 5) is 42.6. The lowest BCUT2D eigenvalue weighted by Crippen LogP contribution is -2.42. The molecule has 14 nitrogen and oxygen atoms in total. The van der Waals surface area contributed by atoms with Crippen molar-refractivity contribution in [2.75, 3.05) is 26.2 Å². The summed E-state index contributed by atoms with van der Waals surface area (Å²) < 4.78 is 24.6. The maximum atomic E-state index is 12.6. The van der Waals surface area contributed by atoms with E-state index in [1.807, 2.05) is 83.7 Å². The number of likely N-dealkylation sites (tertiary alicyclic amines) is 1. The standard InChI is InChI=1S/C31H34IN5O3.C26H26IN5O/c1-20-16-21(2)18-25(17-20)39-29-33-13-10-26(35-29)28-27(22-6-8-23(32)9-7-22)34-19-37(28)24-11-14-36(15-12-24)30(38)40-31(3,4)5;1-17-13-18(2)15-22(14-17)33-26-29-12-9-23(31-26)25-24(19-3-5-20(27)6-4-19)30-16-32(25)21-7-10-28-11-8-21/h6-10,13,16-19,24H,11-12,14-15H2,1-5H3;3-6,9,12-16,21,28H,7-8,10-11H2,1-2H3. The lowest BCUT2D eigenvalue weighted by atomic mass is 10.0. The Morgan fingerprint density at radius 1 is 0.575 bits per heavy atom. The molecule has 4 aromatic heterocycles. The first-order chi connectivity index (χ1) is 35.1. The molecule has 8 aromatic rings. The van der Waals surface area contributed by atoms with E-state index in [4.69, 9.17) is 34.1 Å². The highest BCUT2D eigenvalue weighted by molar-refractivity contribution is 14.1. The Morgan fingerprint density at radius 2 is 0.986 bits per heavy atom. The smallest absolute Gasteiger partial charge is 0.410 e. The van der Waals surface area contributed by atoms with Crippen molar-refractivity contribution >= 4 is 51.3 Å². The first-order valence-corrected chi connectivity index (χ1v) is 26.8. The molecule has 10 rings (SSSR count). The number of hydrogen-bond acceptors (Lipinski definition) is 11. The fourth-order valence-electron chi connectivity index (χ4n) is 9.40. The predicted molar refractivity (Wildman–Crippen MR) is 302 cm³/mol. The molecule has 73 heavy (non-hydrogen) atoms. The Morgan fingerprint density at radius 3 is 1.40 bits per heavy atom. The number of amides is 1. The summed E-state index contributed by atoms with van der Waals surface area (Å²) >= 11 is 4.63. The second-order valence-electron chi connectivity index (χ2n) is 19.7. The van der Waals surface area contributed by atoms with Crippen molar-refractivity contribution in [2.24, 2.45) is 0 Å². The van der Waals surface area contributed by atoms with Gasteiger partial charge in [0.1, 0.15) is 17.1 Å². The SMILES string of the molecule is Cc1cc(C)cc(Oc2nccc(-c3c(-c4ccc(I)cc4)ncn3C3CCN(C(=O)OC(C)(C)C)CC3)n2)c1.Cc1cc(C)cc(Oc2nccc(-c3c(-c4ccc(I)cc4)ncn3C3CCNCC3)n2)c1. The topological polar surface area (TPSA) is 147 Å². The van der Waals surface area contributed by atoms with Gasteiger partial charge in [-0.2, -0.15) is 9.97 Å². The van der Waals surface area contributed by atoms with Crippen LogP contribution in [0.1, 0.15) is 80.8 Å². The van der Waals surface area contributed by atoms with E-state index < -0.39 is 5.60 Å². The molecule has 0 aliphatic carbocycles. The number of aromatic nitrogens is 8. The number of halogens is 2. The van der Waals surface area contributed by atoms with E-state index in [0.29, 0.717) is 30.9 Å². The molecule has 0 unspecified atom stereocenters. The van der Waals surface area contributed by atoms with Gasteiger partial charge >= 0.3 is 18.1 Å². The molecule has 0 spiro atoms. The van der Waals surface area contributed by atoms with E-state index in [-0.39, 0.29) is 18.1 Å². The molecule has 0 saturated carbocycles. The molecule has 6 heterocycles. The Bertz CT molecular complexity index is 3150. The van der Waals surface area contributed by atoms with Crippen molar-refractivity contribution in [3.63, 3.8) is 0 Å². The molecule has 4 aromatic carbocycles. The van der Waals surface area contributed by atoms with Crippen molar-refractivity contribution in [3.8, 4) is 68.8 Å². The zero-order valence-corrected chi connectivity index (χ0v) is 46.6. The number of aryl methyl sites for hydroxylation is 4. The van der Waals surface area contributed by atoms with Crippen molar-refractivity contribution < 1.29 is 19.0 Å². The molecule has 2 aliphatic rings. The van der Waals surface area contributed by atoms with E-state index in [0.717, 1.165) is 116 Å². The zero-order chi connectivity index (χ0) is 51.2. The average molecular weight is 1200 g/mol. The Hall–Kier alpha value is -6.25. The minimum absolute atomic E-state index is 0.151. The van der Waals surface area contributed by atoms with Gasteiger partial charge in [0.05, 0.1) is 46.8 Å². The number of imidazole rings is 2. The Labute approximate surface area is 454 Å². The van der Waals surface area contributed by atoms with Gasteiger partial charge in [0.25, 0.3) is 0 Å². The van der Waals surface area contributed by atoms with Crippen molar-refractivity contribution in [1.29, 1.82) is 0 Å². The summed E-state index contributed by atoms with van der Waals surface area (Å²) in [5.41, 5.74) is 11.3. The number of rotatable bonds is 10. The van der Waals surface area contributed by atoms with Crippen LogP contribution >= 0.6 is 45.2 Å². The van der Waals surface area contributed by atoms with Gasteiger partial charge in [-0.1, -0.05) is 36.4 Å². The largest absolute Gasteiger partial charge is 0.444 e. The molecule has 2 saturated heterocycles. The zero-order valence-electron chi connectivity index (χ0n) is 42.3. The van der Waals surface area contributed by atoms with Crippen LogP contribution in [0.2, 0.25) is 0 Å². The molecule has 1 N–H and O–H groups in total. The quantitative estimate of drug-likeness (QED) is 0.131. The van der Waals surface area contributed by atoms with Gasteiger partial charge in [-0.15, -0.1) is 0 Å². The monoisotopic (exact) mass is 1200 g/mol. The fourth-order valence-corrected chi connectivity index (χ4v) is 10.1. The first kappa shape index (κ1) is 51.6. The minimum atomic E-state index is -0.516. The first-order valence-electron chi connectivity index (χ1n) is 24.7. The molecular formula is C57H60I2N10O4. The number of carbonyl (C=O) groups excluding carboxylic acids is 1. The third-order valence-corrected chi connectivity index (χ3v) is 14.0. The van der Waals surface area contributed by atoms with Gasteiger partial charge in [-0.3, -0.25) is 0 Å². The molecule has 0 bridgehead atoms. The van der Waals surface area contributed by atoms with Crippen LogP contribution in [0.4, 0.5) is 4.79 Å². The van der Waals surface area contributed by atoms with Crippen LogP contribution in [0.25, 0.3) is 45.3 Å². The van der Waals surface area contributed by atoms with Crippen LogP contribution in [0.15, 0.2) is 122 Å². The third kappa shape index (κ3) is 13.1.